The van der Waals surface area contributed by atoms with E-state index in [9.17, 15) is 8.42 Å². The van der Waals surface area contributed by atoms with Crippen LogP contribution in [0.2, 0.25) is 0 Å². The lowest BCUT2D eigenvalue weighted by Crippen LogP contribution is -2.41. The maximum atomic E-state index is 11.9. The summed E-state index contributed by atoms with van der Waals surface area (Å²) in [6.07, 6.45) is 0. The predicted octanol–water partition coefficient (Wildman–Crippen LogP) is 0.733. The zero-order valence-corrected chi connectivity index (χ0v) is 12.9. The number of nitrogens with one attached hydrogen (secondary N) is 1. The first-order chi connectivity index (χ1) is 8.86. The van der Waals surface area contributed by atoms with Crippen molar-refractivity contribution < 1.29 is 8.42 Å². The highest BCUT2D eigenvalue weighted by Crippen LogP contribution is 2.14. The molecular weight excluding hydrogens is 282 g/mol. The molecule has 0 spiro atoms. The lowest BCUT2D eigenvalue weighted by molar-refractivity contribution is 0.402. The Bertz CT molecular complexity index is 567. The quantitative estimate of drug-likeness (QED) is 0.787. The molecule has 1 aromatic rings. The summed E-state index contributed by atoms with van der Waals surface area (Å²) in [5.74, 6) is 5.67. The summed E-state index contributed by atoms with van der Waals surface area (Å²) in [6.45, 7) is 4.24. The lowest BCUT2D eigenvalue weighted by Gasteiger charge is -2.20. The zero-order valence-electron chi connectivity index (χ0n) is 11.3. The summed E-state index contributed by atoms with van der Waals surface area (Å²) in [5.41, 5.74) is 6.16. The standard InChI is InChI=1S/C12H19N3O2S2/c1-10(2)15(3)19(16,17)14-8-12-7-11(9-18-12)5-4-6-13/h7,9-10,14H,6,8,13H2,1-3H3. The number of nitrogens with two attached hydrogens (primary N) is 1. The molecule has 1 rings (SSSR count). The number of thiophene rings is 1. The van der Waals surface area contributed by atoms with Gasteiger partial charge in [0, 0.05) is 35.5 Å². The molecule has 1 heterocycles. The van der Waals surface area contributed by atoms with Crippen molar-refractivity contribution in [2.45, 2.75) is 26.4 Å². The van der Waals surface area contributed by atoms with Gasteiger partial charge in [0.05, 0.1) is 6.54 Å². The molecule has 5 nitrogen and oxygen atoms in total. The first-order valence-corrected chi connectivity index (χ1v) is 8.17. The van der Waals surface area contributed by atoms with Crippen molar-refractivity contribution >= 4 is 21.5 Å². The van der Waals surface area contributed by atoms with Crippen molar-refractivity contribution in [3.63, 3.8) is 0 Å². The van der Waals surface area contributed by atoms with Crippen molar-refractivity contribution in [3.05, 3.63) is 21.9 Å². The zero-order chi connectivity index (χ0) is 14.5. The van der Waals surface area contributed by atoms with Crippen molar-refractivity contribution in [3.8, 4) is 11.8 Å². The topological polar surface area (TPSA) is 75.4 Å². The number of hydrogen-bond acceptors (Lipinski definition) is 4. The van der Waals surface area contributed by atoms with E-state index in [1.54, 1.807) is 7.05 Å². The second kappa shape index (κ2) is 7.03. The van der Waals surface area contributed by atoms with E-state index in [0.717, 1.165) is 10.4 Å². The molecule has 0 aliphatic carbocycles. The summed E-state index contributed by atoms with van der Waals surface area (Å²) < 4.78 is 27.7. The van der Waals surface area contributed by atoms with Gasteiger partial charge in [-0.3, -0.25) is 0 Å². The van der Waals surface area contributed by atoms with E-state index in [1.807, 2.05) is 25.3 Å². The average molecular weight is 301 g/mol. The van der Waals surface area contributed by atoms with E-state index < -0.39 is 10.2 Å². The number of nitrogens with zero attached hydrogens (tertiary/aromatic N) is 1. The Kier molecular flexibility index (Phi) is 5.97. The lowest BCUT2D eigenvalue weighted by atomic mass is 10.3. The fraction of sp³-hybridized carbons (Fsp3) is 0.500. The van der Waals surface area contributed by atoms with Gasteiger partial charge in [-0.2, -0.15) is 17.4 Å². The second-order valence-electron chi connectivity index (χ2n) is 4.24. The molecule has 0 aliphatic heterocycles. The van der Waals surface area contributed by atoms with Gasteiger partial charge in [0.2, 0.25) is 0 Å². The van der Waals surface area contributed by atoms with E-state index in [2.05, 4.69) is 16.6 Å². The minimum atomic E-state index is -3.43. The molecule has 0 bridgehead atoms. The third-order valence-electron chi connectivity index (χ3n) is 2.52. The molecule has 0 saturated carbocycles. The molecule has 0 aliphatic rings. The molecule has 3 N–H and O–H groups in total. The highest BCUT2D eigenvalue weighted by molar-refractivity contribution is 7.87. The molecule has 106 valence electrons. The maximum absolute atomic E-state index is 11.9. The predicted molar refractivity (Wildman–Crippen MR) is 78.9 cm³/mol. The molecule has 0 aromatic carbocycles. The van der Waals surface area contributed by atoms with Crippen molar-refractivity contribution in [1.29, 1.82) is 0 Å². The van der Waals surface area contributed by atoms with E-state index in [0.29, 0.717) is 6.54 Å². The van der Waals surface area contributed by atoms with Crippen LogP contribution < -0.4 is 10.5 Å². The largest absolute Gasteiger partial charge is 0.320 e. The van der Waals surface area contributed by atoms with Crippen LogP contribution in [0.4, 0.5) is 0 Å². The van der Waals surface area contributed by atoms with Gasteiger partial charge < -0.3 is 5.73 Å². The van der Waals surface area contributed by atoms with Gasteiger partial charge in [-0.05, 0) is 19.9 Å². The summed E-state index contributed by atoms with van der Waals surface area (Å²) in [4.78, 5) is 0.919. The first kappa shape index (κ1) is 16.1. The van der Waals surface area contributed by atoms with Gasteiger partial charge in [-0.1, -0.05) is 11.8 Å². The molecule has 1 aromatic heterocycles. The fourth-order valence-corrected chi connectivity index (χ4v) is 3.18. The van der Waals surface area contributed by atoms with Gasteiger partial charge >= 0.3 is 0 Å². The van der Waals surface area contributed by atoms with Crippen molar-refractivity contribution in [2.24, 2.45) is 5.73 Å². The molecule has 0 radical (unpaired) electrons. The van der Waals surface area contributed by atoms with Crippen LogP contribution in [-0.2, 0) is 16.8 Å². The monoisotopic (exact) mass is 301 g/mol. The highest BCUT2D eigenvalue weighted by Gasteiger charge is 2.19. The summed E-state index contributed by atoms with van der Waals surface area (Å²) in [7, 11) is -1.88. The van der Waals surface area contributed by atoms with Crippen LogP contribution in [0.1, 0.15) is 24.3 Å². The van der Waals surface area contributed by atoms with Crippen LogP contribution in [0.25, 0.3) is 0 Å². The summed E-state index contributed by atoms with van der Waals surface area (Å²) in [6, 6.07) is 1.79. The van der Waals surface area contributed by atoms with E-state index in [4.69, 9.17) is 5.73 Å². The molecule has 0 unspecified atom stereocenters. The third-order valence-corrected chi connectivity index (χ3v) is 5.15. The number of rotatable bonds is 5. The Morgan fingerprint density at radius 1 is 1.53 bits per heavy atom. The third kappa shape index (κ3) is 4.93. The van der Waals surface area contributed by atoms with Gasteiger partial charge in [0.25, 0.3) is 10.2 Å². The summed E-state index contributed by atoms with van der Waals surface area (Å²) in [5, 5.41) is 1.89. The van der Waals surface area contributed by atoms with E-state index in [1.165, 1.54) is 15.6 Å². The van der Waals surface area contributed by atoms with Crippen molar-refractivity contribution in [2.75, 3.05) is 13.6 Å². The van der Waals surface area contributed by atoms with Crippen LogP contribution >= 0.6 is 11.3 Å². The SMILES string of the molecule is CC(C)N(C)S(=O)(=O)NCc1cc(C#CCN)cs1. The van der Waals surface area contributed by atoms with Crippen LogP contribution in [-0.4, -0.2) is 32.4 Å². The Hall–Kier alpha value is -0.910. The molecule has 0 fully saturated rings. The van der Waals surface area contributed by atoms with Crippen LogP contribution in [0.5, 0.6) is 0 Å². The molecule has 19 heavy (non-hydrogen) atoms. The molecule has 0 atom stereocenters. The van der Waals surface area contributed by atoms with Gasteiger partial charge in [0.1, 0.15) is 0 Å². The normalized spacial score (nSPS) is 11.7. The first-order valence-electron chi connectivity index (χ1n) is 5.85. The number of hydrogen-bond donors (Lipinski definition) is 2. The molecule has 0 saturated heterocycles. The van der Waals surface area contributed by atoms with Gasteiger partial charge in [-0.15, -0.1) is 11.3 Å². The average Bonchev–Trinajstić information content (AvgIpc) is 2.81. The smallest absolute Gasteiger partial charge is 0.279 e. The van der Waals surface area contributed by atoms with Gasteiger partial charge in [-0.25, -0.2) is 0 Å². The van der Waals surface area contributed by atoms with E-state index >= 15 is 0 Å². The van der Waals surface area contributed by atoms with Gasteiger partial charge in [0.15, 0.2) is 0 Å². The Labute approximate surface area is 119 Å². The maximum Gasteiger partial charge on any atom is 0.279 e. The summed E-state index contributed by atoms with van der Waals surface area (Å²) >= 11 is 1.47. The minimum absolute atomic E-state index is 0.0770. The Morgan fingerprint density at radius 2 is 2.21 bits per heavy atom. The van der Waals surface area contributed by atoms with Crippen molar-refractivity contribution in [1.82, 2.24) is 9.03 Å². The van der Waals surface area contributed by atoms with E-state index in [-0.39, 0.29) is 12.6 Å². The van der Waals surface area contributed by atoms with Crippen LogP contribution in [0.3, 0.4) is 0 Å². The highest BCUT2D eigenvalue weighted by atomic mass is 32.2. The molecule has 7 heteroatoms. The molecular formula is C12H19N3O2S2. The second-order valence-corrected chi connectivity index (χ2v) is 7.05. The van der Waals surface area contributed by atoms with Crippen LogP contribution in [0.15, 0.2) is 11.4 Å². The molecule has 0 amide bonds. The Balaban J connectivity index is 2.64. The van der Waals surface area contributed by atoms with Crippen LogP contribution in [0, 0.1) is 11.8 Å². The Morgan fingerprint density at radius 3 is 2.79 bits per heavy atom. The minimum Gasteiger partial charge on any atom is -0.320 e. The fourth-order valence-electron chi connectivity index (χ4n) is 1.23.